The van der Waals surface area contributed by atoms with Gasteiger partial charge in [0, 0.05) is 18.8 Å². The number of rotatable bonds is 4. The van der Waals surface area contributed by atoms with E-state index in [1.54, 1.807) is 0 Å². The number of aliphatic hydroxyl groups excluding tert-OH is 1. The van der Waals surface area contributed by atoms with Crippen LogP contribution in [0.3, 0.4) is 0 Å². The molecule has 0 amide bonds. The maximum absolute atomic E-state index is 9.38. The van der Waals surface area contributed by atoms with Crippen LogP contribution in [0.2, 0.25) is 0 Å². The maximum Gasteiger partial charge on any atom is 0.139 e. The molecule has 0 aliphatic carbocycles. The van der Waals surface area contributed by atoms with Gasteiger partial charge in [-0.15, -0.1) is 0 Å². The van der Waals surface area contributed by atoms with E-state index >= 15 is 0 Å². The Bertz CT molecular complexity index is 354. The van der Waals surface area contributed by atoms with Crippen molar-refractivity contribution in [2.45, 2.75) is 25.9 Å². The van der Waals surface area contributed by atoms with Crippen LogP contribution >= 0.6 is 0 Å². The molecule has 2 heterocycles. The molecular formula is C12H20N4O. The largest absolute Gasteiger partial charge is 0.395 e. The fraction of sp³-hybridized carbons (Fsp3) is 0.583. The molecule has 1 aliphatic heterocycles. The second kappa shape index (κ2) is 5.44. The lowest BCUT2D eigenvalue weighted by atomic mass is 10.0. The predicted molar refractivity (Wildman–Crippen MR) is 67.1 cm³/mol. The summed E-state index contributed by atoms with van der Waals surface area (Å²) in [5.41, 5.74) is 3.66. The molecule has 1 aromatic heterocycles. The first-order valence-electron chi connectivity index (χ1n) is 6.01. The third kappa shape index (κ3) is 2.74. The molecule has 1 saturated heterocycles. The zero-order valence-electron chi connectivity index (χ0n) is 10.1. The second-order valence-electron chi connectivity index (χ2n) is 4.68. The monoisotopic (exact) mass is 236 g/mol. The lowest BCUT2D eigenvalue weighted by Gasteiger charge is -2.24. The van der Waals surface area contributed by atoms with E-state index in [1.807, 2.05) is 18.3 Å². The minimum absolute atomic E-state index is 0.233. The molecule has 2 unspecified atom stereocenters. The number of anilines is 1. The lowest BCUT2D eigenvalue weighted by Crippen LogP contribution is -2.34. The van der Waals surface area contributed by atoms with E-state index in [2.05, 4.69) is 22.2 Å². The number of aromatic nitrogens is 1. The van der Waals surface area contributed by atoms with Gasteiger partial charge in [-0.05, 0) is 30.5 Å². The Kier molecular flexibility index (Phi) is 3.93. The molecule has 94 valence electrons. The highest BCUT2D eigenvalue weighted by Gasteiger charge is 2.30. The fourth-order valence-corrected chi connectivity index (χ4v) is 2.42. The van der Waals surface area contributed by atoms with Crippen LogP contribution in [0.4, 0.5) is 5.82 Å². The average Bonchev–Trinajstić information content (AvgIpc) is 2.71. The van der Waals surface area contributed by atoms with Crippen LogP contribution in [0.5, 0.6) is 0 Å². The molecule has 0 radical (unpaired) electrons. The van der Waals surface area contributed by atoms with Crippen molar-refractivity contribution in [1.29, 1.82) is 0 Å². The molecule has 1 aromatic rings. The zero-order chi connectivity index (χ0) is 12.3. The van der Waals surface area contributed by atoms with E-state index < -0.39 is 0 Å². The molecule has 0 spiro atoms. The SMILES string of the molecule is CC1CCN(Cc2ccc(NN)nc2)C1CO. The Hall–Kier alpha value is -1.17. The molecule has 0 saturated carbocycles. The highest BCUT2D eigenvalue weighted by molar-refractivity contribution is 5.33. The summed E-state index contributed by atoms with van der Waals surface area (Å²) in [5.74, 6) is 6.51. The molecular weight excluding hydrogens is 216 g/mol. The molecule has 1 fully saturated rings. The van der Waals surface area contributed by atoms with Gasteiger partial charge in [0.15, 0.2) is 0 Å². The van der Waals surface area contributed by atoms with E-state index in [1.165, 1.54) is 0 Å². The third-order valence-corrected chi connectivity index (χ3v) is 3.54. The number of aliphatic hydroxyl groups is 1. The van der Waals surface area contributed by atoms with Crippen molar-refractivity contribution in [3.8, 4) is 0 Å². The number of pyridine rings is 1. The van der Waals surface area contributed by atoms with Crippen molar-refractivity contribution in [3.63, 3.8) is 0 Å². The number of hydrogen-bond acceptors (Lipinski definition) is 5. The van der Waals surface area contributed by atoms with Crippen LogP contribution in [-0.2, 0) is 6.54 Å². The highest BCUT2D eigenvalue weighted by atomic mass is 16.3. The minimum atomic E-state index is 0.233. The van der Waals surface area contributed by atoms with Gasteiger partial charge in [0.1, 0.15) is 5.82 Å². The highest BCUT2D eigenvalue weighted by Crippen LogP contribution is 2.25. The summed E-state index contributed by atoms with van der Waals surface area (Å²) in [6.45, 7) is 4.31. The van der Waals surface area contributed by atoms with Gasteiger partial charge in [0.2, 0.25) is 0 Å². The van der Waals surface area contributed by atoms with Gasteiger partial charge in [-0.25, -0.2) is 10.8 Å². The first-order chi connectivity index (χ1) is 8.24. The normalized spacial score (nSPS) is 25.1. The quantitative estimate of drug-likeness (QED) is 0.526. The van der Waals surface area contributed by atoms with Crippen molar-refractivity contribution in [2.75, 3.05) is 18.6 Å². The summed E-state index contributed by atoms with van der Waals surface area (Å²) in [4.78, 5) is 6.50. The van der Waals surface area contributed by atoms with Gasteiger partial charge < -0.3 is 10.5 Å². The van der Waals surface area contributed by atoms with Crippen molar-refractivity contribution in [2.24, 2.45) is 11.8 Å². The molecule has 1 aliphatic rings. The first kappa shape index (κ1) is 12.3. The fourth-order valence-electron chi connectivity index (χ4n) is 2.42. The molecule has 0 aromatic carbocycles. The Labute approximate surface area is 102 Å². The lowest BCUT2D eigenvalue weighted by molar-refractivity contribution is 0.134. The number of nitrogens with two attached hydrogens (primary N) is 1. The van der Waals surface area contributed by atoms with Crippen molar-refractivity contribution >= 4 is 5.82 Å². The van der Waals surface area contributed by atoms with Gasteiger partial charge in [-0.2, -0.15) is 0 Å². The van der Waals surface area contributed by atoms with E-state index in [4.69, 9.17) is 5.84 Å². The van der Waals surface area contributed by atoms with E-state index in [9.17, 15) is 5.11 Å². The zero-order valence-corrected chi connectivity index (χ0v) is 10.1. The molecule has 0 bridgehead atoms. The second-order valence-corrected chi connectivity index (χ2v) is 4.68. The number of hydrogen-bond donors (Lipinski definition) is 3. The topological polar surface area (TPSA) is 74.4 Å². The first-order valence-corrected chi connectivity index (χ1v) is 6.01. The molecule has 5 nitrogen and oxygen atoms in total. The summed E-state index contributed by atoms with van der Waals surface area (Å²) in [6, 6.07) is 4.16. The van der Waals surface area contributed by atoms with Gasteiger partial charge in [0.25, 0.3) is 0 Å². The van der Waals surface area contributed by atoms with Crippen molar-refractivity contribution in [1.82, 2.24) is 9.88 Å². The summed E-state index contributed by atoms with van der Waals surface area (Å²) < 4.78 is 0. The number of nitrogens with zero attached hydrogens (tertiary/aromatic N) is 2. The number of hydrazine groups is 1. The maximum atomic E-state index is 9.38. The molecule has 4 N–H and O–H groups in total. The molecule has 2 atom stereocenters. The minimum Gasteiger partial charge on any atom is -0.395 e. The Morgan fingerprint density at radius 2 is 2.41 bits per heavy atom. The molecule has 17 heavy (non-hydrogen) atoms. The number of likely N-dealkylation sites (tertiary alicyclic amines) is 1. The van der Waals surface area contributed by atoms with Crippen LogP contribution < -0.4 is 11.3 Å². The summed E-state index contributed by atoms with van der Waals surface area (Å²) in [7, 11) is 0. The molecule has 5 heteroatoms. The summed E-state index contributed by atoms with van der Waals surface area (Å²) in [5, 5.41) is 9.38. The standard InChI is InChI=1S/C12H20N4O/c1-9-4-5-16(11(9)8-17)7-10-2-3-12(15-13)14-6-10/h2-3,6,9,11,17H,4-5,7-8,13H2,1H3,(H,14,15). The van der Waals surface area contributed by atoms with Crippen molar-refractivity contribution in [3.05, 3.63) is 23.9 Å². The van der Waals surface area contributed by atoms with Gasteiger partial charge >= 0.3 is 0 Å². The smallest absolute Gasteiger partial charge is 0.139 e. The van der Waals surface area contributed by atoms with Crippen LogP contribution in [-0.4, -0.2) is 34.2 Å². The van der Waals surface area contributed by atoms with Crippen molar-refractivity contribution < 1.29 is 5.11 Å². The van der Waals surface area contributed by atoms with Crippen LogP contribution in [0.1, 0.15) is 18.9 Å². The Morgan fingerprint density at radius 1 is 1.59 bits per heavy atom. The summed E-state index contributed by atoms with van der Waals surface area (Å²) >= 11 is 0. The van der Waals surface area contributed by atoms with Gasteiger partial charge in [-0.1, -0.05) is 13.0 Å². The predicted octanol–water partition coefficient (Wildman–Crippen LogP) is 0.570. The average molecular weight is 236 g/mol. The number of nitrogens with one attached hydrogen (secondary N) is 1. The van der Waals surface area contributed by atoms with Gasteiger partial charge in [0.05, 0.1) is 6.61 Å². The van der Waals surface area contributed by atoms with Crippen LogP contribution in [0.25, 0.3) is 0 Å². The van der Waals surface area contributed by atoms with Crippen LogP contribution in [0, 0.1) is 5.92 Å². The summed E-state index contributed by atoms with van der Waals surface area (Å²) in [6.07, 6.45) is 2.98. The van der Waals surface area contributed by atoms with E-state index in [0.29, 0.717) is 11.7 Å². The van der Waals surface area contributed by atoms with Gasteiger partial charge in [-0.3, -0.25) is 4.90 Å². The molecule has 2 rings (SSSR count). The Morgan fingerprint density at radius 3 is 3.00 bits per heavy atom. The Balaban J connectivity index is 2.00. The van der Waals surface area contributed by atoms with Crippen LogP contribution in [0.15, 0.2) is 18.3 Å². The van der Waals surface area contributed by atoms with E-state index in [0.717, 1.165) is 25.1 Å². The third-order valence-electron chi connectivity index (χ3n) is 3.54. The number of nitrogen functional groups attached to an aromatic ring is 1. The van der Waals surface area contributed by atoms with E-state index in [-0.39, 0.29) is 12.6 Å².